The van der Waals surface area contributed by atoms with Crippen LogP contribution >= 0.6 is 0 Å². The molecule has 0 bridgehead atoms. The summed E-state index contributed by atoms with van der Waals surface area (Å²) in [4.78, 5) is 10.2. The van der Waals surface area contributed by atoms with Crippen molar-refractivity contribution in [2.24, 2.45) is 0 Å². The van der Waals surface area contributed by atoms with Gasteiger partial charge in [-0.3, -0.25) is 10.00 Å². The standard InChI is InChI=1S/C23H21N5O2/c1-2-17(18-4-5-24-21(18)3-1)15-10-19(20-13-26-27-22(20)11-15)23-25-12-16(30-23)14-28-6-8-29-9-7-28/h1-5,10-13,24H,6-9,14H2,(H,26,27). The number of rotatable bonds is 4. The molecule has 1 saturated heterocycles. The van der Waals surface area contributed by atoms with Crippen LogP contribution in [0.2, 0.25) is 0 Å². The molecule has 0 aliphatic carbocycles. The van der Waals surface area contributed by atoms with Crippen LogP contribution in [0.15, 0.2) is 59.4 Å². The number of fused-ring (bicyclic) bond motifs is 2. The Morgan fingerprint density at radius 2 is 1.90 bits per heavy atom. The number of nitrogens with one attached hydrogen (secondary N) is 2. The summed E-state index contributed by atoms with van der Waals surface area (Å²) in [6, 6.07) is 12.7. The van der Waals surface area contributed by atoms with Gasteiger partial charge in [0.2, 0.25) is 5.89 Å². The molecule has 1 aliphatic rings. The summed E-state index contributed by atoms with van der Waals surface area (Å²) in [5.41, 5.74) is 5.27. The first kappa shape index (κ1) is 17.4. The SMILES string of the molecule is c1cc(-c2cc(-c3ncc(CN4CCOCC4)o3)c3cn[nH]c3c2)c2cc[nH]c2c1. The molecule has 1 fully saturated rings. The van der Waals surface area contributed by atoms with E-state index in [0.29, 0.717) is 5.89 Å². The second-order valence-corrected chi connectivity index (χ2v) is 7.62. The number of aromatic amines is 2. The van der Waals surface area contributed by atoms with Gasteiger partial charge in [0.15, 0.2) is 0 Å². The topological polar surface area (TPSA) is 83.0 Å². The van der Waals surface area contributed by atoms with E-state index in [1.54, 1.807) is 0 Å². The highest BCUT2D eigenvalue weighted by atomic mass is 16.5. The van der Waals surface area contributed by atoms with Crippen molar-refractivity contribution in [2.75, 3.05) is 26.3 Å². The monoisotopic (exact) mass is 399 g/mol. The molecule has 0 saturated carbocycles. The lowest BCUT2D eigenvalue weighted by Gasteiger charge is -2.25. The Balaban J connectivity index is 1.43. The lowest BCUT2D eigenvalue weighted by atomic mass is 9.98. The zero-order valence-corrected chi connectivity index (χ0v) is 16.4. The average molecular weight is 399 g/mol. The van der Waals surface area contributed by atoms with Gasteiger partial charge in [-0.1, -0.05) is 12.1 Å². The number of hydrogen-bond acceptors (Lipinski definition) is 5. The number of nitrogens with zero attached hydrogens (tertiary/aromatic N) is 3. The van der Waals surface area contributed by atoms with Crippen molar-refractivity contribution < 1.29 is 9.15 Å². The molecule has 5 aromatic rings. The Hall–Kier alpha value is -3.42. The third-order valence-electron chi connectivity index (χ3n) is 5.73. The molecule has 30 heavy (non-hydrogen) atoms. The fraction of sp³-hybridized carbons (Fsp3) is 0.217. The minimum absolute atomic E-state index is 0.618. The Labute approximate surface area is 172 Å². The number of H-pyrrole nitrogens is 2. The molecule has 0 spiro atoms. The van der Waals surface area contributed by atoms with Crippen molar-refractivity contribution in [3.05, 3.63) is 60.7 Å². The molecule has 1 aliphatic heterocycles. The molecule has 2 N–H and O–H groups in total. The Morgan fingerprint density at radius 3 is 2.83 bits per heavy atom. The third kappa shape index (κ3) is 2.99. The Bertz CT molecular complexity index is 1330. The lowest BCUT2D eigenvalue weighted by Crippen LogP contribution is -2.35. The van der Waals surface area contributed by atoms with Gasteiger partial charge in [0.25, 0.3) is 0 Å². The average Bonchev–Trinajstić information content (AvgIpc) is 3.53. The highest BCUT2D eigenvalue weighted by Crippen LogP contribution is 2.35. The van der Waals surface area contributed by atoms with Crippen LogP contribution in [0.1, 0.15) is 5.76 Å². The zero-order valence-electron chi connectivity index (χ0n) is 16.4. The van der Waals surface area contributed by atoms with E-state index >= 15 is 0 Å². The van der Waals surface area contributed by atoms with Crippen LogP contribution in [0.3, 0.4) is 0 Å². The molecule has 4 heterocycles. The van der Waals surface area contributed by atoms with Crippen molar-refractivity contribution in [2.45, 2.75) is 6.54 Å². The summed E-state index contributed by atoms with van der Waals surface area (Å²) < 4.78 is 11.6. The van der Waals surface area contributed by atoms with Gasteiger partial charge in [-0.05, 0) is 35.4 Å². The van der Waals surface area contributed by atoms with E-state index in [-0.39, 0.29) is 0 Å². The summed E-state index contributed by atoms with van der Waals surface area (Å²) in [5, 5.41) is 9.54. The number of oxazole rings is 1. The second kappa shape index (κ2) is 7.12. The van der Waals surface area contributed by atoms with Crippen LogP contribution in [0.4, 0.5) is 0 Å². The van der Waals surface area contributed by atoms with Crippen molar-refractivity contribution in [1.29, 1.82) is 0 Å². The van der Waals surface area contributed by atoms with Crippen molar-refractivity contribution in [1.82, 2.24) is 25.1 Å². The van der Waals surface area contributed by atoms with Gasteiger partial charge < -0.3 is 14.1 Å². The number of ether oxygens (including phenoxy) is 1. The zero-order chi connectivity index (χ0) is 19.9. The van der Waals surface area contributed by atoms with E-state index in [1.165, 1.54) is 5.39 Å². The minimum atomic E-state index is 0.618. The van der Waals surface area contributed by atoms with E-state index in [9.17, 15) is 0 Å². The fourth-order valence-corrected chi connectivity index (χ4v) is 4.21. The summed E-state index contributed by atoms with van der Waals surface area (Å²) in [5.74, 6) is 1.48. The van der Waals surface area contributed by atoms with Gasteiger partial charge in [-0.2, -0.15) is 5.10 Å². The molecular formula is C23H21N5O2. The predicted octanol–water partition coefficient (Wildman–Crippen LogP) is 4.20. The number of aromatic nitrogens is 4. The second-order valence-electron chi connectivity index (χ2n) is 7.62. The van der Waals surface area contributed by atoms with Gasteiger partial charge in [-0.15, -0.1) is 0 Å². The maximum absolute atomic E-state index is 6.17. The van der Waals surface area contributed by atoms with Gasteiger partial charge in [0.1, 0.15) is 5.76 Å². The molecule has 7 nitrogen and oxygen atoms in total. The Morgan fingerprint density at radius 1 is 0.967 bits per heavy atom. The summed E-state index contributed by atoms with van der Waals surface area (Å²) in [7, 11) is 0. The minimum Gasteiger partial charge on any atom is -0.440 e. The first-order valence-electron chi connectivity index (χ1n) is 10.1. The molecule has 0 amide bonds. The van der Waals surface area contributed by atoms with E-state index in [2.05, 4.69) is 61.5 Å². The molecule has 7 heteroatoms. The van der Waals surface area contributed by atoms with Crippen molar-refractivity contribution >= 4 is 21.8 Å². The molecule has 0 radical (unpaired) electrons. The van der Waals surface area contributed by atoms with Crippen LogP contribution in [0, 0.1) is 0 Å². The summed E-state index contributed by atoms with van der Waals surface area (Å²) >= 11 is 0. The van der Waals surface area contributed by atoms with Gasteiger partial charge in [0, 0.05) is 41.1 Å². The summed E-state index contributed by atoms with van der Waals surface area (Å²) in [6.45, 7) is 4.11. The van der Waals surface area contributed by atoms with Gasteiger partial charge in [-0.25, -0.2) is 4.98 Å². The van der Waals surface area contributed by atoms with E-state index in [4.69, 9.17) is 9.15 Å². The predicted molar refractivity (Wildman–Crippen MR) is 115 cm³/mol. The highest BCUT2D eigenvalue weighted by molar-refractivity contribution is 6.01. The smallest absolute Gasteiger partial charge is 0.227 e. The molecule has 150 valence electrons. The molecule has 6 rings (SSSR count). The first-order chi connectivity index (χ1) is 14.8. The number of morpholine rings is 1. The molecule has 2 aromatic carbocycles. The maximum atomic E-state index is 6.17. The third-order valence-corrected chi connectivity index (χ3v) is 5.73. The quantitative estimate of drug-likeness (QED) is 0.473. The summed E-state index contributed by atoms with van der Waals surface area (Å²) in [6.07, 6.45) is 5.63. The number of hydrogen-bond donors (Lipinski definition) is 2. The maximum Gasteiger partial charge on any atom is 0.227 e. The lowest BCUT2D eigenvalue weighted by molar-refractivity contribution is 0.0314. The molecule has 0 atom stereocenters. The van der Waals surface area contributed by atoms with E-state index < -0.39 is 0 Å². The van der Waals surface area contributed by atoms with Crippen molar-refractivity contribution in [3.8, 4) is 22.6 Å². The van der Waals surface area contributed by atoms with E-state index in [1.807, 2.05) is 18.6 Å². The van der Waals surface area contributed by atoms with Crippen LogP contribution in [0.5, 0.6) is 0 Å². The van der Waals surface area contributed by atoms with Crippen LogP contribution in [0.25, 0.3) is 44.4 Å². The first-order valence-corrected chi connectivity index (χ1v) is 10.1. The Kier molecular flexibility index (Phi) is 4.14. The van der Waals surface area contributed by atoms with Crippen LogP contribution < -0.4 is 0 Å². The highest BCUT2D eigenvalue weighted by Gasteiger charge is 2.17. The molecule has 0 unspecified atom stereocenters. The fourth-order valence-electron chi connectivity index (χ4n) is 4.21. The van der Waals surface area contributed by atoms with Crippen molar-refractivity contribution in [3.63, 3.8) is 0 Å². The normalized spacial score (nSPS) is 15.3. The van der Waals surface area contributed by atoms with Crippen LogP contribution in [-0.2, 0) is 11.3 Å². The molecular weight excluding hydrogens is 378 g/mol. The van der Waals surface area contributed by atoms with Crippen LogP contribution in [-0.4, -0.2) is 51.4 Å². The molecule has 3 aromatic heterocycles. The van der Waals surface area contributed by atoms with E-state index in [0.717, 1.165) is 71.7 Å². The van der Waals surface area contributed by atoms with Gasteiger partial charge in [0.05, 0.1) is 37.7 Å². The largest absolute Gasteiger partial charge is 0.440 e. The van der Waals surface area contributed by atoms with Gasteiger partial charge >= 0.3 is 0 Å². The number of benzene rings is 2.